The number of amides is 2. The Labute approximate surface area is 152 Å². The van der Waals surface area contributed by atoms with E-state index in [4.69, 9.17) is 0 Å². The SMILES string of the molecule is O=C(c1ccnnc1)N1C[C@H]2CCCC(=O)N(Cc3ccccc3)[C@H]2C1. The second kappa shape index (κ2) is 7.23. The number of hydrogen-bond acceptors (Lipinski definition) is 4. The Morgan fingerprint density at radius 2 is 1.96 bits per heavy atom. The van der Waals surface area contributed by atoms with Crippen LogP contribution in [0.5, 0.6) is 0 Å². The number of fused-ring (bicyclic) bond motifs is 1. The molecule has 3 heterocycles. The standard InChI is InChI=1S/C20H22N4O2/c25-19-8-4-7-17-13-23(20(26)16-9-10-21-22-11-16)14-18(17)24(19)12-15-5-2-1-3-6-15/h1-3,5-6,9-11,17-18H,4,7-8,12-14H2/t17-,18+/m1/s1. The highest BCUT2D eigenvalue weighted by Crippen LogP contribution is 2.32. The van der Waals surface area contributed by atoms with E-state index in [2.05, 4.69) is 10.2 Å². The van der Waals surface area contributed by atoms with E-state index >= 15 is 0 Å². The van der Waals surface area contributed by atoms with E-state index < -0.39 is 0 Å². The highest BCUT2D eigenvalue weighted by Gasteiger charge is 2.41. The largest absolute Gasteiger partial charge is 0.336 e. The average molecular weight is 350 g/mol. The summed E-state index contributed by atoms with van der Waals surface area (Å²) in [7, 11) is 0. The first-order valence-corrected chi connectivity index (χ1v) is 9.12. The fraction of sp³-hybridized carbons (Fsp3) is 0.400. The molecule has 0 unspecified atom stereocenters. The topological polar surface area (TPSA) is 66.4 Å². The third-order valence-electron chi connectivity index (χ3n) is 5.41. The molecule has 134 valence electrons. The molecule has 6 nitrogen and oxygen atoms in total. The zero-order chi connectivity index (χ0) is 17.9. The number of hydrogen-bond donors (Lipinski definition) is 0. The molecule has 0 N–H and O–H groups in total. The Balaban J connectivity index is 1.54. The lowest BCUT2D eigenvalue weighted by Crippen LogP contribution is -2.43. The van der Waals surface area contributed by atoms with Gasteiger partial charge in [-0.2, -0.15) is 10.2 Å². The first kappa shape index (κ1) is 16.7. The monoisotopic (exact) mass is 350 g/mol. The molecule has 1 aromatic heterocycles. The maximum absolute atomic E-state index is 12.8. The van der Waals surface area contributed by atoms with Crippen molar-refractivity contribution >= 4 is 11.8 Å². The van der Waals surface area contributed by atoms with Gasteiger partial charge < -0.3 is 9.80 Å². The van der Waals surface area contributed by atoms with Gasteiger partial charge in [-0.3, -0.25) is 9.59 Å². The molecule has 0 spiro atoms. The van der Waals surface area contributed by atoms with Crippen LogP contribution in [0.1, 0.15) is 35.2 Å². The van der Waals surface area contributed by atoms with Gasteiger partial charge in [0.15, 0.2) is 0 Å². The Kier molecular flexibility index (Phi) is 4.65. The fourth-order valence-electron chi connectivity index (χ4n) is 4.09. The molecular formula is C20H22N4O2. The second-order valence-corrected chi connectivity index (χ2v) is 7.07. The third-order valence-corrected chi connectivity index (χ3v) is 5.41. The van der Waals surface area contributed by atoms with E-state index in [1.807, 2.05) is 40.1 Å². The summed E-state index contributed by atoms with van der Waals surface area (Å²) in [6.07, 6.45) is 5.52. The average Bonchev–Trinajstić information content (AvgIpc) is 3.05. The minimum Gasteiger partial charge on any atom is -0.336 e. The molecule has 0 radical (unpaired) electrons. The molecule has 4 rings (SSSR count). The molecule has 1 aromatic carbocycles. The molecule has 2 atom stereocenters. The van der Waals surface area contributed by atoms with Gasteiger partial charge in [-0.15, -0.1) is 0 Å². The molecule has 0 bridgehead atoms. The van der Waals surface area contributed by atoms with Gasteiger partial charge in [-0.1, -0.05) is 30.3 Å². The van der Waals surface area contributed by atoms with Crippen molar-refractivity contribution in [1.82, 2.24) is 20.0 Å². The first-order valence-electron chi connectivity index (χ1n) is 9.12. The normalized spacial score (nSPS) is 22.8. The van der Waals surface area contributed by atoms with Crippen LogP contribution < -0.4 is 0 Å². The maximum atomic E-state index is 12.8. The molecule has 2 aliphatic heterocycles. The molecule has 0 aliphatic carbocycles. The van der Waals surface area contributed by atoms with Gasteiger partial charge in [0.1, 0.15) is 0 Å². The summed E-state index contributed by atoms with van der Waals surface area (Å²) < 4.78 is 0. The molecule has 2 aliphatic rings. The van der Waals surface area contributed by atoms with E-state index in [0.717, 1.165) is 18.4 Å². The van der Waals surface area contributed by atoms with Gasteiger partial charge in [0.25, 0.3) is 5.91 Å². The summed E-state index contributed by atoms with van der Waals surface area (Å²) in [6.45, 7) is 1.90. The first-order chi connectivity index (χ1) is 12.7. The number of rotatable bonds is 3. The van der Waals surface area contributed by atoms with Gasteiger partial charge in [-0.25, -0.2) is 0 Å². The summed E-state index contributed by atoms with van der Waals surface area (Å²) in [5, 5.41) is 7.54. The summed E-state index contributed by atoms with van der Waals surface area (Å²) in [5.74, 6) is 0.505. The van der Waals surface area contributed by atoms with Crippen LogP contribution in [0.25, 0.3) is 0 Å². The van der Waals surface area contributed by atoms with Crippen molar-refractivity contribution < 1.29 is 9.59 Å². The Hall–Kier alpha value is -2.76. The quantitative estimate of drug-likeness (QED) is 0.850. The zero-order valence-corrected chi connectivity index (χ0v) is 14.6. The number of aromatic nitrogens is 2. The molecular weight excluding hydrogens is 328 g/mol. The minimum absolute atomic E-state index is 0.0277. The molecule has 2 fully saturated rings. The molecule has 2 saturated heterocycles. The number of benzene rings is 1. The molecule has 6 heteroatoms. The van der Waals surface area contributed by atoms with Gasteiger partial charge in [-0.05, 0) is 30.4 Å². The van der Waals surface area contributed by atoms with E-state index in [-0.39, 0.29) is 17.9 Å². The lowest BCUT2D eigenvalue weighted by Gasteiger charge is -2.30. The predicted octanol–water partition coefficient (Wildman–Crippen LogP) is 2.13. The number of carbonyl (C=O) groups excluding carboxylic acids is 2. The van der Waals surface area contributed by atoms with E-state index in [9.17, 15) is 9.59 Å². The Morgan fingerprint density at radius 1 is 1.12 bits per heavy atom. The van der Waals surface area contributed by atoms with Crippen molar-refractivity contribution in [3.63, 3.8) is 0 Å². The van der Waals surface area contributed by atoms with E-state index in [1.165, 1.54) is 12.4 Å². The fourth-order valence-corrected chi connectivity index (χ4v) is 4.09. The predicted molar refractivity (Wildman–Crippen MR) is 96.1 cm³/mol. The van der Waals surface area contributed by atoms with Crippen LogP contribution in [-0.2, 0) is 11.3 Å². The second-order valence-electron chi connectivity index (χ2n) is 7.07. The van der Waals surface area contributed by atoms with Crippen molar-refractivity contribution in [3.8, 4) is 0 Å². The van der Waals surface area contributed by atoms with Crippen molar-refractivity contribution in [2.45, 2.75) is 31.8 Å². The van der Waals surface area contributed by atoms with Crippen LogP contribution in [0.4, 0.5) is 0 Å². The highest BCUT2D eigenvalue weighted by atomic mass is 16.2. The Bertz CT molecular complexity index is 781. The minimum atomic E-state index is -0.0277. The summed E-state index contributed by atoms with van der Waals surface area (Å²) in [5.41, 5.74) is 1.68. The lowest BCUT2D eigenvalue weighted by atomic mass is 9.98. The summed E-state index contributed by atoms with van der Waals surface area (Å²) in [6, 6.07) is 11.9. The summed E-state index contributed by atoms with van der Waals surface area (Å²) >= 11 is 0. The van der Waals surface area contributed by atoms with Crippen LogP contribution in [0.15, 0.2) is 48.8 Å². The van der Waals surface area contributed by atoms with Crippen LogP contribution in [0.2, 0.25) is 0 Å². The van der Waals surface area contributed by atoms with Crippen LogP contribution in [-0.4, -0.2) is 50.9 Å². The van der Waals surface area contributed by atoms with Gasteiger partial charge in [0, 0.05) is 26.1 Å². The molecule has 0 saturated carbocycles. The highest BCUT2D eigenvalue weighted by molar-refractivity contribution is 5.94. The Morgan fingerprint density at radius 3 is 2.73 bits per heavy atom. The molecule has 26 heavy (non-hydrogen) atoms. The van der Waals surface area contributed by atoms with Crippen molar-refractivity contribution in [3.05, 3.63) is 59.9 Å². The van der Waals surface area contributed by atoms with Gasteiger partial charge >= 0.3 is 0 Å². The number of carbonyl (C=O) groups is 2. The van der Waals surface area contributed by atoms with Crippen molar-refractivity contribution in [1.29, 1.82) is 0 Å². The lowest BCUT2D eigenvalue weighted by molar-refractivity contribution is -0.133. The van der Waals surface area contributed by atoms with Crippen molar-refractivity contribution in [2.75, 3.05) is 13.1 Å². The smallest absolute Gasteiger partial charge is 0.255 e. The van der Waals surface area contributed by atoms with Gasteiger partial charge in [0.05, 0.1) is 24.0 Å². The molecule has 2 amide bonds. The summed E-state index contributed by atoms with van der Waals surface area (Å²) in [4.78, 5) is 29.3. The van der Waals surface area contributed by atoms with E-state index in [0.29, 0.717) is 37.5 Å². The number of likely N-dealkylation sites (tertiary alicyclic amines) is 2. The van der Waals surface area contributed by atoms with E-state index in [1.54, 1.807) is 6.07 Å². The zero-order valence-electron chi connectivity index (χ0n) is 14.6. The van der Waals surface area contributed by atoms with Gasteiger partial charge in [0.2, 0.25) is 5.91 Å². The van der Waals surface area contributed by atoms with Crippen LogP contribution >= 0.6 is 0 Å². The van der Waals surface area contributed by atoms with Crippen LogP contribution in [0.3, 0.4) is 0 Å². The molecule has 2 aromatic rings. The van der Waals surface area contributed by atoms with Crippen molar-refractivity contribution in [2.24, 2.45) is 5.92 Å². The van der Waals surface area contributed by atoms with Crippen LogP contribution in [0, 0.1) is 5.92 Å². The number of nitrogens with zero attached hydrogens (tertiary/aromatic N) is 4. The maximum Gasteiger partial charge on any atom is 0.255 e. The third kappa shape index (κ3) is 3.31.